The van der Waals surface area contributed by atoms with Gasteiger partial charge in [-0.1, -0.05) is 12.1 Å². The molecule has 4 aliphatic rings. The summed E-state index contributed by atoms with van der Waals surface area (Å²) in [6.07, 6.45) is 2.15. The molecule has 2 aliphatic heterocycles. The molecule has 1 saturated heterocycles. The Morgan fingerprint density at radius 3 is 3.00 bits per heavy atom. The van der Waals surface area contributed by atoms with Gasteiger partial charge in [-0.2, -0.15) is 0 Å². The summed E-state index contributed by atoms with van der Waals surface area (Å²) in [5.41, 5.74) is 2.13. The van der Waals surface area contributed by atoms with E-state index in [4.69, 9.17) is 4.74 Å². The monoisotopic (exact) mass is 299 g/mol. The van der Waals surface area contributed by atoms with Crippen LogP contribution < -0.4 is 4.74 Å². The van der Waals surface area contributed by atoms with Crippen molar-refractivity contribution < 1.29 is 14.6 Å². The lowest BCUT2D eigenvalue weighted by Gasteiger charge is -2.62. The van der Waals surface area contributed by atoms with Gasteiger partial charge in [-0.15, -0.1) is 0 Å². The Kier molecular flexibility index (Phi) is 2.23. The molecule has 1 aromatic carbocycles. The van der Waals surface area contributed by atoms with E-state index in [1.54, 1.807) is 0 Å². The Morgan fingerprint density at radius 1 is 1.36 bits per heavy atom. The number of hydrogen-bond acceptors (Lipinski definition) is 4. The smallest absolute Gasteiger partial charge is 0.174 e. The van der Waals surface area contributed by atoms with Crippen molar-refractivity contribution in [2.24, 2.45) is 0 Å². The molecule has 1 saturated carbocycles. The summed E-state index contributed by atoms with van der Waals surface area (Å²) in [5.74, 6) is 1.04. The van der Waals surface area contributed by atoms with Crippen LogP contribution in [0.25, 0.3) is 0 Å². The van der Waals surface area contributed by atoms with Gasteiger partial charge in [0.25, 0.3) is 0 Å². The van der Waals surface area contributed by atoms with Crippen molar-refractivity contribution >= 4 is 5.78 Å². The molecule has 2 fully saturated rings. The van der Waals surface area contributed by atoms with Gasteiger partial charge in [0, 0.05) is 18.0 Å². The third kappa shape index (κ3) is 1.16. The van der Waals surface area contributed by atoms with Gasteiger partial charge in [0.1, 0.15) is 5.75 Å². The molecule has 1 spiro atoms. The molecule has 1 N–H and O–H groups in total. The molecular weight excluding hydrogens is 278 g/mol. The molecule has 22 heavy (non-hydrogen) atoms. The number of ether oxygens (including phenoxy) is 1. The highest BCUT2D eigenvalue weighted by Crippen LogP contribution is 2.63. The number of nitrogens with zero attached hydrogens (tertiary/aromatic N) is 1. The van der Waals surface area contributed by atoms with Crippen molar-refractivity contribution in [1.82, 2.24) is 4.90 Å². The normalized spacial score (nSPS) is 42.0. The van der Waals surface area contributed by atoms with E-state index < -0.39 is 17.1 Å². The Bertz CT molecular complexity index is 715. The van der Waals surface area contributed by atoms with E-state index in [0.717, 1.165) is 36.3 Å². The first-order chi connectivity index (χ1) is 10.5. The highest BCUT2D eigenvalue weighted by atomic mass is 16.5. The highest BCUT2D eigenvalue weighted by Gasteiger charge is 2.72. The summed E-state index contributed by atoms with van der Waals surface area (Å²) < 4.78 is 6.19. The van der Waals surface area contributed by atoms with Crippen LogP contribution in [-0.4, -0.2) is 47.1 Å². The fourth-order valence-electron chi connectivity index (χ4n) is 5.68. The maximum atomic E-state index is 12.6. The van der Waals surface area contributed by atoms with E-state index in [1.807, 2.05) is 6.92 Å². The second-order valence-electron chi connectivity index (χ2n) is 7.56. The van der Waals surface area contributed by atoms with Gasteiger partial charge in [-0.25, -0.2) is 0 Å². The standard InChI is InChI=1S/C18H21NO3/c1-10-3-4-11-9-13-18(21)6-5-12(20)16-17(18,7-8-19(13)2)14(11)15(10)22-16/h3-4,13,16,21H,5-9H2,1-2H3/t13-,16?,17+,18-/m1/s1. The fourth-order valence-corrected chi connectivity index (χ4v) is 5.68. The molecule has 4 heteroatoms. The first kappa shape index (κ1) is 13.1. The zero-order valence-corrected chi connectivity index (χ0v) is 13.1. The molecule has 4 nitrogen and oxygen atoms in total. The minimum atomic E-state index is -0.843. The van der Waals surface area contributed by atoms with E-state index >= 15 is 0 Å². The molecule has 1 aromatic rings. The van der Waals surface area contributed by atoms with Crippen LogP contribution in [0.5, 0.6) is 5.75 Å². The van der Waals surface area contributed by atoms with Gasteiger partial charge in [0.15, 0.2) is 11.9 Å². The molecule has 0 aromatic heterocycles. The van der Waals surface area contributed by atoms with Crippen LogP contribution in [0.4, 0.5) is 0 Å². The molecule has 0 amide bonds. The number of likely N-dealkylation sites (N-methyl/N-ethyl adjacent to an activating group) is 1. The SMILES string of the molecule is Cc1ccc2c3c1OC1C(=O)CC[C@@]4(O)[C@@H](C2)N(C)CC[C@]314. The van der Waals surface area contributed by atoms with Crippen molar-refractivity contribution in [3.8, 4) is 5.75 Å². The van der Waals surface area contributed by atoms with Gasteiger partial charge < -0.3 is 14.7 Å². The molecule has 0 radical (unpaired) electrons. The summed E-state index contributed by atoms with van der Waals surface area (Å²) in [5, 5.41) is 11.7. The largest absolute Gasteiger partial charge is 0.481 e. The maximum Gasteiger partial charge on any atom is 0.174 e. The van der Waals surface area contributed by atoms with Crippen LogP contribution in [0.15, 0.2) is 12.1 Å². The second kappa shape index (κ2) is 3.74. The third-order valence-electron chi connectivity index (χ3n) is 6.74. The van der Waals surface area contributed by atoms with E-state index in [0.29, 0.717) is 12.8 Å². The van der Waals surface area contributed by atoms with Crippen molar-refractivity contribution in [3.63, 3.8) is 0 Å². The van der Waals surface area contributed by atoms with E-state index in [2.05, 4.69) is 24.1 Å². The molecule has 4 atom stereocenters. The number of likely N-dealkylation sites (tertiary alicyclic amines) is 1. The lowest BCUT2D eigenvalue weighted by molar-refractivity contribution is -0.185. The van der Waals surface area contributed by atoms with Crippen molar-refractivity contribution in [3.05, 3.63) is 28.8 Å². The highest BCUT2D eigenvalue weighted by molar-refractivity contribution is 5.89. The molecular formula is C18H21NO3. The molecule has 2 bridgehead atoms. The quantitative estimate of drug-likeness (QED) is 0.785. The first-order valence-electron chi connectivity index (χ1n) is 8.24. The molecule has 2 aliphatic carbocycles. The lowest BCUT2D eigenvalue weighted by atomic mass is 9.49. The predicted octanol–water partition coefficient (Wildman–Crippen LogP) is 1.35. The molecule has 116 valence electrons. The second-order valence-corrected chi connectivity index (χ2v) is 7.56. The van der Waals surface area contributed by atoms with Crippen LogP contribution in [0, 0.1) is 6.92 Å². The van der Waals surface area contributed by atoms with Gasteiger partial charge >= 0.3 is 0 Å². The zero-order chi connectivity index (χ0) is 15.3. The maximum absolute atomic E-state index is 12.6. The Morgan fingerprint density at radius 2 is 2.18 bits per heavy atom. The number of hydrogen-bond donors (Lipinski definition) is 1. The molecule has 5 rings (SSSR count). The Hall–Kier alpha value is -1.39. The van der Waals surface area contributed by atoms with Crippen molar-refractivity contribution in [1.29, 1.82) is 0 Å². The summed E-state index contributed by atoms with van der Waals surface area (Å²) in [6.45, 7) is 2.95. The van der Waals surface area contributed by atoms with Gasteiger partial charge in [-0.05, 0) is 50.9 Å². The van der Waals surface area contributed by atoms with Gasteiger partial charge in [-0.3, -0.25) is 4.79 Å². The topological polar surface area (TPSA) is 49.8 Å². The predicted molar refractivity (Wildman–Crippen MR) is 81.2 cm³/mol. The number of carbonyl (C=O) groups is 1. The summed E-state index contributed by atoms with van der Waals surface area (Å²) in [6, 6.07) is 4.35. The minimum absolute atomic E-state index is 0.0848. The summed E-state index contributed by atoms with van der Waals surface area (Å²) in [4.78, 5) is 14.9. The Balaban J connectivity index is 1.88. The van der Waals surface area contributed by atoms with Crippen LogP contribution in [0.2, 0.25) is 0 Å². The fraction of sp³-hybridized carbons (Fsp3) is 0.611. The van der Waals surface area contributed by atoms with Crippen molar-refractivity contribution in [2.45, 2.75) is 55.8 Å². The average molecular weight is 299 g/mol. The van der Waals surface area contributed by atoms with Gasteiger partial charge in [0.05, 0.1) is 11.0 Å². The number of rotatable bonds is 0. The number of aryl methyl sites for hydroxylation is 1. The van der Waals surface area contributed by atoms with E-state index in [1.165, 1.54) is 5.56 Å². The van der Waals surface area contributed by atoms with Crippen molar-refractivity contribution in [2.75, 3.05) is 13.6 Å². The number of ketones is 1. The van der Waals surface area contributed by atoms with Crippen LogP contribution in [-0.2, 0) is 16.6 Å². The number of aliphatic hydroxyl groups is 1. The van der Waals surface area contributed by atoms with E-state index in [9.17, 15) is 9.90 Å². The number of benzene rings is 1. The Labute approximate surface area is 130 Å². The summed E-state index contributed by atoms with van der Waals surface area (Å²) in [7, 11) is 2.09. The molecule has 2 heterocycles. The molecule has 1 unspecified atom stereocenters. The van der Waals surface area contributed by atoms with Crippen LogP contribution >= 0.6 is 0 Å². The number of piperidine rings is 1. The number of Topliss-reactive ketones (excluding diaryl/α,β-unsaturated/α-hetero) is 1. The van der Waals surface area contributed by atoms with Gasteiger partial charge in [0.2, 0.25) is 0 Å². The zero-order valence-electron chi connectivity index (χ0n) is 13.1. The van der Waals surface area contributed by atoms with Crippen LogP contribution in [0.1, 0.15) is 36.0 Å². The average Bonchev–Trinajstić information content (AvgIpc) is 2.85. The van der Waals surface area contributed by atoms with E-state index in [-0.39, 0.29) is 11.8 Å². The first-order valence-corrected chi connectivity index (χ1v) is 8.24. The number of carbonyl (C=O) groups excluding carboxylic acids is 1. The third-order valence-corrected chi connectivity index (χ3v) is 6.74. The minimum Gasteiger partial charge on any atom is -0.481 e. The summed E-state index contributed by atoms with van der Waals surface area (Å²) >= 11 is 0. The van der Waals surface area contributed by atoms with Crippen LogP contribution in [0.3, 0.4) is 0 Å². The lowest BCUT2D eigenvalue weighted by Crippen LogP contribution is -2.76.